The number of aryl methyl sites for hydroxylation is 1. The summed E-state index contributed by atoms with van der Waals surface area (Å²) >= 11 is 0. The Kier molecular flexibility index (Phi) is 5.55. The van der Waals surface area contributed by atoms with Crippen LogP contribution >= 0.6 is 0 Å². The zero-order valence-electron chi connectivity index (χ0n) is 12.4. The summed E-state index contributed by atoms with van der Waals surface area (Å²) in [5, 5.41) is 11.9. The zero-order valence-corrected chi connectivity index (χ0v) is 12.4. The van der Waals surface area contributed by atoms with Crippen molar-refractivity contribution >= 4 is 17.7 Å². The lowest BCUT2D eigenvalue weighted by molar-refractivity contribution is 0.0698. The summed E-state index contributed by atoms with van der Waals surface area (Å²) in [5.74, 6) is -1.05. The standard InChI is InChI=1S/C15H22N2O3/c1-5-11(6-2)17(4)15(20)16-13-10(3)8-7-9-12(13)14(18)19/h7-9,11H,5-6H2,1-4H3,(H,16,20)(H,18,19). The predicted octanol–water partition coefficient (Wildman–Crippen LogP) is 3.35. The molecule has 1 aromatic carbocycles. The monoisotopic (exact) mass is 278 g/mol. The third-order valence-corrected chi connectivity index (χ3v) is 3.55. The molecule has 0 bridgehead atoms. The van der Waals surface area contributed by atoms with Crippen LogP contribution in [0.5, 0.6) is 0 Å². The Morgan fingerprint density at radius 2 is 1.90 bits per heavy atom. The van der Waals surface area contributed by atoms with Crippen molar-refractivity contribution in [2.45, 2.75) is 39.7 Å². The topological polar surface area (TPSA) is 69.6 Å². The van der Waals surface area contributed by atoms with E-state index in [1.165, 1.54) is 6.07 Å². The number of carbonyl (C=O) groups is 2. The van der Waals surface area contributed by atoms with Crippen LogP contribution < -0.4 is 5.32 Å². The van der Waals surface area contributed by atoms with Gasteiger partial charge in [-0.1, -0.05) is 26.0 Å². The van der Waals surface area contributed by atoms with Gasteiger partial charge in [-0.25, -0.2) is 9.59 Å². The molecule has 1 aromatic rings. The highest BCUT2D eigenvalue weighted by Crippen LogP contribution is 2.21. The first-order valence-corrected chi connectivity index (χ1v) is 6.79. The van der Waals surface area contributed by atoms with Gasteiger partial charge >= 0.3 is 12.0 Å². The van der Waals surface area contributed by atoms with Crippen molar-refractivity contribution in [1.29, 1.82) is 0 Å². The molecule has 0 atom stereocenters. The van der Waals surface area contributed by atoms with Crippen LogP contribution in [-0.2, 0) is 0 Å². The Bertz CT molecular complexity index is 496. The molecule has 5 heteroatoms. The molecule has 2 N–H and O–H groups in total. The summed E-state index contributed by atoms with van der Waals surface area (Å²) in [6.45, 7) is 5.82. The normalized spacial score (nSPS) is 10.4. The van der Waals surface area contributed by atoms with E-state index < -0.39 is 5.97 Å². The van der Waals surface area contributed by atoms with Crippen molar-refractivity contribution in [3.8, 4) is 0 Å². The first-order valence-electron chi connectivity index (χ1n) is 6.79. The van der Waals surface area contributed by atoms with Gasteiger partial charge in [0.25, 0.3) is 0 Å². The van der Waals surface area contributed by atoms with E-state index in [9.17, 15) is 14.7 Å². The number of urea groups is 1. The number of nitrogens with zero attached hydrogens (tertiary/aromatic N) is 1. The van der Waals surface area contributed by atoms with Crippen molar-refractivity contribution < 1.29 is 14.7 Å². The molecule has 0 spiro atoms. The van der Waals surface area contributed by atoms with Gasteiger partial charge in [-0.2, -0.15) is 0 Å². The quantitative estimate of drug-likeness (QED) is 0.867. The van der Waals surface area contributed by atoms with Gasteiger partial charge in [0.15, 0.2) is 0 Å². The molecular formula is C15H22N2O3. The Hall–Kier alpha value is -2.04. The third kappa shape index (κ3) is 3.50. The van der Waals surface area contributed by atoms with Crippen LogP contribution in [0, 0.1) is 6.92 Å². The third-order valence-electron chi connectivity index (χ3n) is 3.55. The molecule has 0 radical (unpaired) electrons. The summed E-state index contributed by atoms with van der Waals surface area (Å²) in [6.07, 6.45) is 1.72. The molecular weight excluding hydrogens is 256 g/mol. The van der Waals surface area contributed by atoms with Crippen LogP contribution in [0.3, 0.4) is 0 Å². The van der Waals surface area contributed by atoms with Crippen LogP contribution in [-0.4, -0.2) is 35.1 Å². The lowest BCUT2D eigenvalue weighted by Crippen LogP contribution is -2.39. The first-order chi connectivity index (χ1) is 9.42. The molecule has 0 saturated carbocycles. The van der Waals surface area contributed by atoms with Crippen LogP contribution in [0.25, 0.3) is 0 Å². The molecule has 0 aromatic heterocycles. The summed E-state index contributed by atoms with van der Waals surface area (Å²) in [7, 11) is 1.73. The fraction of sp³-hybridized carbons (Fsp3) is 0.467. The lowest BCUT2D eigenvalue weighted by Gasteiger charge is -2.27. The highest BCUT2D eigenvalue weighted by molar-refractivity contribution is 6.01. The summed E-state index contributed by atoms with van der Waals surface area (Å²) in [5.41, 5.74) is 1.20. The van der Waals surface area contributed by atoms with E-state index in [2.05, 4.69) is 5.32 Å². The average Bonchev–Trinajstić information content (AvgIpc) is 2.41. The second kappa shape index (κ2) is 6.93. The van der Waals surface area contributed by atoms with E-state index in [0.717, 1.165) is 18.4 Å². The van der Waals surface area contributed by atoms with Crippen molar-refractivity contribution in [2.75, 3.05) is 12.4 Å². The van der Waals surface area contributed by atoms with Crippen LogP contribution in [0.2, 0.25) is 0 Å². The number of amides is 2. The van der Waals surface area contributed by atoms with E-state index in [1.807, 2.05) is 13.8 Å². The van der Waals surface area contributed by atoms with Gasteiger partial charge in [-0.3, -0.25) is 0 Å². The van der Waals surface area contributed by atoms with Gasteiger partial charge in [0.05, 0.1) is 11.3 Å². The molecule has 0 aliphatic rings. The van der Waals surface area contributed by atoms with Gasteiger partial charge in [-0.05, 0) is 31.4 Å². The second-order valence-electron chi connectivity index (χ2n) is 4.81. The molecule has 0 heterocycles. The Balaban J connectivity index is 2.99. The Morgan fingerprint density at radius 3 is 2.40 bits per heavy atom. The Morgan fingerprint density at radius 1 is 1.30 bits per heavy atom. The molecule has 1 rings (SSSR count). The van der Waals surface area contributed by atoms with Crippen molar-refractivity contribution in [2.24, 2.45) is 0 Å². The maximum atomic E-state index is 12.2. The van der Waals surface area contributed by atoms with Gasteiger partial charge in [0, 0.05) is 13.1 Å². The molecule has 2 amide bonds. The minimum atomic E-state index is -1.05. The molecule has 20 heavy (non-hydrogen) atoms. The maximum absolute atomic E-state index is 12.2. The first kappa shape index (κ1) is 16.0. The van der Waals surface area contributed by atoms with Crippen LogP contribution in [0.15, 0.2) is 18.2 Å². The number of carboxylic acids is 1. The van der Waals surface area contributed by atoms with Gasteiger partial charge in [-0.15, -0.1) is 0 Å². The average molecular weight is 278 g/mol. The highest BCUT2D eigenvalue weighted by Gasteiger charge is 2.20. The Labute approximate surface area is 119 Å². The fourth-order valence-corrected chi connectivity index (χ4v) is 2.21. The number of carboxylic acid groups (broad SMARTS) is 1. The molecule has 0 fully saturated rings. The van der Waals surface area contributed by atoms with E-state index in [4.69, 9.17) is 0 Å². The van der Waals surface area contributed by atoms with Gasteiger partial charge in [0.2, 0.25) is 0 Å². The number of hydrogen-bond donors (Lipinski definition) is 2. The van der Waals surface area contributed by atoms with E-state index in [1.54, 1.807) is 31.0 Å². The molecule has 0 aliphatic carbocycles. The summed E-state index contributed by atoms with van der Waals surface area (Å²) in [4.78, 5) is 25.1. The molecule has 5 nitrogen and oxygen atoms in total. The number of benzene rings is 1. The zero-order chi connectivity index (χ0) is 15.3. The highest BCUT2D eigenvalue weighted by atomic mass is 16.4. The van der Waals surface area contributed by atoms with E-state index in [0.29, 0.717) is 5.69 Å². The molecule has 0 aliphatic heterocycles. The predicted molar refractivity (Wildman–Crippen MR) is 79.3 cm³/mol. The van der Waals surface area contributed by atoms with Gasteiger partial charge < -0.3 is 15.3 Å². The number of rotatable bonds is 5. The van der Waals surface area contributed by atoms with Crippen molar-refractivity contribution in [3.63, 3.8) is 0 Å². The smallest absolute Gasteiger partial charge is 0.337 e. The SMILES string of the molecule is CCC(CC)N(C)C(=O)Nc1c(C)cccc1C(=O)O. The maximum Gasteiger partial charge on any atom is 0.337 e. The number of carbonyl (C=O) groups excluding carboxylic acids is 1. The second-order valence-corrected chi connectivity index (χ2v) is 4.81. The van der Waals surface area contributed by atoms with Crippen LogP contribution in [0.4, 0.5) is 10.5 Å². The van der Waals surface area contributed by atoms with Crippen LogP contribution in [0.1, 0.15) is 42.6 Å². The van der Waals surface area contributed by atoms with Crippen molar-refractivity contribution in [1.82, 2.24) is 4.90 Å². The fourth-order valence-electron chi connectivity index (χ4n) is 2.21. The molecule has 0 unspecified atom stereocenters. The number of hydrogen-bond acceptors (Lipinski definition) is 2. The number of nitrogens with one attached hydrogen (secondary N) is 1. The van der Waals surface area contributed by atoms with E-state index >= 15 is 0 Å². The number of aromatic carboxylic acids is 1. The van der Waals surface area contributed by atoms with E-state index in [-0.39, 0.29) is 17.6 Å². The summed E-state index contributed by atoms with van der Waals surface area (Å²) in [6, 6.07) is 4.79. The minimum Gasteiger partial charge on any atom is -0.478 e. The van der Waals surface area contributed by atoms with Crippen molar-refractivity contribution in [3.05, 3.63) is 29.3 Å². The largest absolute Gasteiger partial charge is 0.478 e. The molecule has 110 valence electrons. The lowest BCUT2D eigenvalue weighted by atomic mass is 10.1. The summed E-state index contributed by atoms with van der Waals surface area (Å²) < 4.78 is 0. The number of para-hydroxylation sites is 1. The minimum absolute atomic E-state index is 0.108. The molecule has 0 saturated heterocycles. The number of anilines is 1. The van der Waals surface area contributed by atoms with Gasteiger partial charge in [0.1, 0.15) is 0 Å².